The molecule has 1 aromatic heterocycles. The molecule has 3 aromatic rings. The molecule has 0 amide bonds. The van der Waals surface area contributed by atoms with Crippen LogP contribution in [-0.4, -0.2) is 22.9 Å². The fraction of sp³-hybridized carbons (Fsp3) is 0.238. The Labute approximate surface area is 155 Å². The lowest BCUT2D eigenvalue weighted by Gasteiger charge is -2.16. The van der Waals surface area contributed by atoms with Crippen molar-refractivity contribution in [3.63, 3.8) is 0 Å². The smallest absolute Gasteiger partial charge is 0.340 e. The van der Waals surface area contributed by atoms with E-state index in [4.69, 9.17) is 4.74 Å². The first-order valence-electron chi connectivity index (χ1n) is 8.37. The molecule has 1 heterocycles. The van der Waals surface area contributed by atoms with Crippen LogP contribution in [-0.2, 0) is 4.74 Å². The summed E-state index contributed by atoms with van der Waals surface area (Å²) in [5.41, 5.74) is 2.50. The largest absolute Gasteiger partial charge is 0.465 e. The van der Waals surface area contributed by atoms with E-state index in [1.54, 1.807) is 42.1 Å². The molecule has 27 heavy (non-hydrogen) atoms. The fourth-order valence-corrected chi connectivity index (χ4v) is 3.04. The maximum absolute atomic E-state index is 12.8. The van der Waals surface area contributed by atoms with Gasteiger partial charge in [-0.25, -0.2) is 13.6 Å². The molecule has 1 atom stereocenters. The Morgan fingerprint density at radius 3 is 2.41 bits per heavy atom. The normalized spacial score (nSPS) is 11.9. The quantitative estimate of drug-likeness (QED) is 0.493. The van der Waals surface area contributed by atoms with Crippen LogP contribution in [0.5, 0.6) is 0 Å². The summed E-state index contributed by atoms with van der Waals surface area (Å²) in [6.45, 7) is 3.63. The Balaban J connectivity index is 2.16. The number of benzene rings is 2. The minimum absolute atomic E-state index is 0.0352. The highest BCUT2D eigenvalue weighted by Gasteiger charge is 2.21. The van der Waals surface area contributed by atoms with Crippen molar-refractivity contribution >= 4 is 16.9 Å². The molecule has 0 radical (unpaired) electrons. The molecule has 0 aliphatic heterocycles. The zero-order chi connectivity index (χ0) is 19.6. The highest BCUT2D eigenvalue weighted by molar-refractivity contribution is 6.04. The van der Waals surface area contributed by atoms with Crippen molar-refractivity contribution in [2.45, 2.75) is 26.3 Å². The zero-order valence-electron chi connectivity index (χ0n) is 15.2. The molecule has 3 rings (SSSR count). The third-order valence-corrected chi connectivity index (χ3v) is 4.46. The van der Waals surface area contributed by atoms with Gasteiger partial charge in [-0.1, -0.05) is 30.2 Å². The lowest BCUT2D eigenvalue weighted by atomic mass is 10.0. The summed E-state index contributed by atoms with van der Waals surface area (Å²) < 4.78 is 32.2. The van der Waals surface area contributed by atoms with Crippen LogP contribution < -0.4 is 0 Å². The van der Waals surface area contributed by atoms with Crippen LogP contribution in [0.1, 0.15) is 53.4 Å². The zero-order valence-corrected chi connectivity index (χ0v) is 15.2. The summed E-state index contributed by atoms with van der Waals surface area (Å²) in [6, 6.07) is 9.25. The number of aromatic nitrogens is 2. The molecule has 1 unspecified atom stereocenters. The van der Waals surface area contributed by atoms with Crippen molar-refractivity contribution in [2.24, 2.45) is 0 Å². The van der Waals surface area contributed by atoms with E-state index in [1.165, 1.54) is 19.2 Å². The van der Waals surface area contributed by atoms with Crippen molar-refractivity contribution < 1.29 is 18.3 Å². The predicted molar refractivity (Wildman–Crippen MR) is 98.8 cm³/mol. The van der Waals surface area contributed by atoms with Gasteiger partial charge in [0.15, 0.2) is 0 Å². The summed E-state index contributed by atoms with van der Waals surface area (Å²) in [5, 5.41) is 5.18. The number of nitrogens with zero attached hydrogens (tertiary/aromatic N) is 2. The number of alkyl halides is 2. The Morgan fingerprint density at radius 2 is 1.81 bits per heavy atom. The van der Waals surface area contributed by atoms with Gasteiger partial charge in [0.1, 0.15) is 0 Å². The number of fused-ring (bicyclic) bond motifs is 1. The number of hydrogen-bond donors (Lipinski definition) is 0. The number of rotatable bonds is 4. The topological polar surface area (TPSA) is 44.1 Å². The van der Waals surface area contributed by atoms with Crippen molar-refractivity contribution in [3.8, 4) is 11.8 Å². The summed E-state index contributed by atoms with van der Waals surface area (Å²) in [5.74, 6) is 5.39. The number of carbonyl (C=O) groups excluding carboxylic acids is 1. The molecule has 0 fully saturated rings. The van der Waals surface area contributed by atoms with Crippen LogP contribution in [0.2, 0.25) is 0 Å². The van der Waals surface area contributed by atoms with Crippen molar-refractivity contribution in [1.82, 2.24) is 9.78 Å². The Morgan fingerprint density at radius 1 is 1.15 bits per heavy atom. The molecule has 0 N–H and O–H groups in total. The lowest BCUT2D eigenvalue weighted by Crippen LogP contribution is -2.12. The van der Waals surface area contributed by atoms with Gasteiger partial charge in [0, 0.05) is 16.5 Å². The molecule has 0 saturated heterocycles. The standard InChI is InChI=1S/C21H18F2N2O2/c1-4-5-15-10-11-17(21(26)27-3)19-18(15)12-24-25(19)13(2)14-6-8-16(9-7-14)20(22)23/h6-13,20H,1-3H3. The number of hydrogen-bond acceptors (Lipinski definition) is 3. The van der Waals surface area contributed by atoms with Gasteiger partial charge in [0.05, 0.1) is 30.4 Å². The van der Waals surface area contributed by atoms with Crippen molar-refractivity contribution in [1.29, 1.82) is 0 Å². The third kappa shape index (κ3) is 3.41. The monoisotopic (exact) mass is 368 g/mol. The van der Waals surface area contributed by atoms with Crippen LogP contribution in [0.15, 0.2) is 42.6 Å². The van der Waals surface area contributed by atoms with Crippen LogP contribution in [0, 0.1) is 11.8 Å². The van der Waals surface area contributed by atoms with Gasteiger partial charge in [0.25, 0.3) is 6.43 Å². The predicted octanol–water partition coefficient (Wildman–Crippen LogP) is 4.74. The second-order valence-electron chi connectivity index (χ2n) is 6.02. The third-order valence-electron chi connectivity index (χ3n) is 4.46. The number of halogens is 2. The van der Waals surface area contributed by atoms with E-state index in [0.717, 1.165) is 16.5 Å². The van der Waals surface area contributed by atoms with E-state index in [-0.39, 0.29) is 11.6 Å². The number of esters is 1. The minimum atomic E-state index is -2.51. The van der Waals surface area contributed by atoms with Gasteiger partial charge in [-0.3, -0.25) is 4.68 Å². The van der Waals surface area contributed by atoms with E-state index in [0.29, 0.717) is 11.1 Å². The summed E-state index contributed by atoms with van der Waals surface area (Å²) in [6.07, 6.45) is -0.855. The molecule has 0 saturated carbocycles. The van der Waals surface area contributed by atoms with E-state index < -0.39 is 12.4 Å². The average Bonchev–Trinajstić information content (AvgIpc) is 3.13. The summed E-state index contributed by atoms with van der Waals surface area (Å²) >= 11 is 0. The summed E-state index contributed by atoms with van der Waals surface area (Å²) in [7, 11) is 1.32. The van der Waals surface area contributed by atoms with Crippen LogP contribution >= 0.6 is 0 Å². The average molecular weight is 368 g/mol. The molecule has 0 bridgehead atoms. The van der Waals surface area contributed by atoms with Gasteiger partial charge in [0.2, 0.25) is 0 Å². The molecular weight excluding hydrogens is 350 g/mol. The highest BCUT2D eigenvalue weighted by atomic mass is 19.3. The van der Waals surface area contributed by atoms with E-state index in [9.17, 15) is 13.6 Å². The van der Waals surface area contributed by atoms with Gasteiger partial charge >= 0.3 is 5.97 Å². The second-order valence-corrected chi connectivity index (χ2v) is 6.02. The maximum atomic E-state index is 12.8. The molecule has 138 valence electrons. The van der Waals surface area contributed by atoms with E-state index in [1.807, 2.05) is 6.92 Å². The highest BCUT2D eigenvalue weighted by Crippen LogP contribution is 2.29. The Bertz CT molecular complexity index is 1040. The molecular formula is C21H18F2N2O2. The van der Waals surface area contributed by atoms with Gasteiger partial charge < -0.3 is 4.74 Å². The van der Waals surface area contributed by atoms with Crippen LogP contribution in [0.25, 0.3) is 10.9 Å². The van der Waals surface area contributed by atoms with Crippen molar-refractivity contribution in [3.05, 3.63) is 64.8 Å². The lowest BCUT2D eigenvalue weighted by molar-refractivity contribution is 0.0602. The van der Waals surface area contributed by atoms with E-state index in [2.05, 4.69) is 16.9 Å². The first kappa shape index (κ1) is 18.6. The van der Waals surface area contributed by atoms with E-state index >= 15 is 0 Å². The molecule has 6 heteroatoms. The van der Waals surface area contributed by atoms with Crippen molar-refractivity contribution in [2.75, 3.05) is 7.11 Å². The Hall–Kier alpha value is -3.20. The van der Waals surface area contributed by atoms with Gasteiger partial charge in [-0.05, 0) is 31.5 Å². The number of ether oxygens (including phenoxy) is 1. The Kier molecular flexibility index (Phi) is 5.22. The first-order valence-corrected chi connectivity index (χ1v) is 8.37. The molecule has 0 spiro atoms. The SMILES string of the molecule is CC#Cc1ccc(C(=O)OC)c2c1cnn2C(C)c1ccc(C(F)F)cc1. The molecule has 0 aliphatic rings. The summed E-state index contributed by atoms with van der Waals surface area (Å²) in [4.78, 5) is 12.2. The van der Waals surface area contributed by atoms with Gasteiger partial charge in [-0.2, -0.15) is 5.10 Å². The maximum Gasteiger partial charge on any atom is 0.340 e. The van der Waals surface area contributed by atoms with Crippen LogP contribution in [0.4, 0.5) is 8.78 Å². The fourth-order valence-electron chi connectivity index (χ4n) is 3.04. The first-order chi connectivity index (χ1) is 13.0. The second kappa shape index (κ2) is 7.58. The van der Waals surface area contributed by atoms with Gasteiger partial charge in [-0.15, -0.1) is 5.92 Å². The minimum Gasteiger partial charge on any atom is -0.465 e. The number of methoxy groups -OCH3 is 1. The number of carbonyl (C=O) groups is 1. The molecule has 4 nitrogen and oxygen atoms in total. The molecule has 0 aliphatic carbocycles. The van der Waals surface area contributed by atoms with Crippen LogP contribution in [0.3, 0.4) is 0 Å². The molecule has 2 aromatic carbocycles.